The Morgan fingerprint density at radius 3 is 2.47 bits per heavy atom. The first-order chi connectivity index (χ1) is 14.3. The van der Waals surface area contributed by atoms with Crippen molar-refractivity contribution in [2.24, 2.45) is 0 Å². The van der Waals surface area contributed by atoms with Crippen molar-refractivity contribution in [1.82, 2.24) is 4.90 Å². The number of carbonyl (C=O) groups is 1. The molecule has 1 amide bonds. The van der Waals surface area contributed by atoms with Gasteiger partial charge in [-0.2, -0.15) is 0 Å². The number of likely N-dealkylation sites (N-methyl/N-ethyl adjacent to an activating group) is 1. The Hall–Kier alpha value is -1.90. The quantitative estimate of drug-likeness (QED) is 0.639. The third kappa shape index (κ3) is 6.30. The summed E-state index contributed by atoms with van der Waals surface area (Å²) in [5, 5.41) is 2.76. The maximum absolute atomic E-state index is 12.4. The highest BCUT2D eigenvalue weighted by Gasteiger charge is 2.19. The number of aryl methyl sites for hydroxylation is 1. The Morgan fingerprint density at radius 1 is 1.10 bits per heavy atom. The second kappa shape index (κ2) is 9.94. The molecule has 1 aliphatic rings. The van der Waals surface area contributed by atoms with E-state index in [0.717, 1.165) is 48.4 Å². The summed E-state index contributed by atoms with van der Waals surface area (Å²) in [4.78, 5) is 17.1. The summed E-state index contributed by atoms with van der Waals surface area (Å²) < 4.78 is 25.7. The molecular formula is C22H28BrN3O3S. The number of carbonyl (C=O) groups excluding carboxylic acids is 1. The molecule has 0 aliphatic carbocycles. The third-order valence-electron chi connectivity index (χ3n) is 5.30. The summed E-state index contributed by atoms with van der Waals surface area (Å²) in [7, 11) is -3.56. The zero-order valence-electron chi connectivity index (χ0n) is 17.4. The molecule has 0 atom stereocenters. The largest absolute Gasteiger partial charge is 0.369 e. The van der Waals surface area contributed by atoms with Crippen molar-refractivity contribution in [2.45, 2.75) is 19.6 Å². The summed E-state index contributed by atoms with van der Waals surface area (Å²) in [6, 6.07) is 13.0. The van der Waals surface area contributed by atoms with E-state index in [1.807, 2.05) is 31.2 Å². The standard InChI is InChI=1S/C22H28BrN3O3S/c1-3-25-9-11-26(12-10-25)20-7-8-21(17(2)13-20)24-22(27)16-30(28,29)15-18-5-4-6-19(23)14-18/h4-8,13-14H,3,9-12,15-16H2,1-2H3,(H,24,27). The van der Waals surface area contributed by atoms with E-state index in [-0.39, 0.29) is 5.75 Å². The Labute approximate surface area is 187 Å². The zero-order chi connectivity index (χ0) is 21.7. The van der Waals surface area contributed by atoms with Crippen molar-refractivity contribution in [3.8, 4) is 0 Å². The number of nitrogens with zero attached hydrogens (tertiary/aromatic N) is 2. The summed E-state index contributed by atoms with van der Waals surface area (Å²) >= 11 is 3.33. The van der Waals surface area contributed by atoms with E-state index >= 15 is 0 Å². The predicted molar refractivity (Wildman–Crippen MR) is 126 cm³/mol. The smallest absolute Gasteiger partial charge is 0.239 e. The highest BCUT2D eigenvalue weighted by molar-refractivity contribution is 9.10. The van der Waals surface area contributed by atoms with E-state index < -0.39 is 21.5 Å². The van der Waals surface area contributed by atoms with Gasteiger partial charge < -0.3 is 15.1 Å². The number of hydrogen-bond acceptors (Lipinski definition) is 5. The first-order valence-electron chi connectivity index (χ1n) is 10.1. The first kappa shape index (κ1) is 22.8. The van der Waals surface area contributed by atoms with Crippen LogP contribution >= 0.6 is 15.9 Å². The van der Waals surface area contributed by atoms with Gasteiger partial charge in [0.15, 0.2) is 9.84 Å². The second-order valence-electron chi connectivity index (χ2n) is 7.63. The molecule has 1 saturated heterocycles. The number of piperazine rings is 1. The number of amides is 1. The molecule has 1 aliphatic heterocycles. The fraction of sp³-hybridized carbons (Fsp3) is 0.409. The first-order valence-corrected chi connectivity index (χ1v) is 12.7. The van der Waals surface area contributed by atoms with Gasteiger partial charge in [0.1, 0.15) is 5.75 Å². The van der Waals surface area contributed by atoms with Crippen LogP contribution < -0.4 is 10.2 Å². The molecule has 3 rings (SSSR count). The fourth-order valence-electron chi connectivity index (χ4n) is 3.62. The molecule has 30 heavy (non-hydrogen) atoms. The van der Waals surface area contributed by atoms with E-state index in [1.54, 1.807) is 18.2 Å². The highest BCUT2D eigenvalue weighted by Crippen LogP contribution is 2.24. The minimum absolute atomic E-state index is 0.165. The van der Waals surface area contributed by atoms with Crippen LogP contribution in [0.5, 0.6) is 0 Å². The van der Waals surface area contributed by atoms with Gasteiger partial charge in [0.25, 0.3) is 0 Å². The molecule has 1 fully saturated rings. The molecule has 1 N–H and O–H groups in total. The molecule has 0 saturated carbocycles. The molecule has 0 spiro atoms. The van der Waals surface area contributed by atoms with Crippen LogP contribution in [0.2, 0.25) is 0 Å². The Balaban J connectivity index is 1.59. The molecule has 0 radical (unpaired) electrons. The van der Waals surface area contributed by atoms with Gasteiger partial charge in [-0.15, -0.1) is 0 Å². The molecule has 0 aromatic heterocycles. The normalized spacial score (nSPS) is 15.2. The van der Waals surface area contributed by atoms with Crippen molar-refractivity contribution in [1.29, 1.82) is 0 Å². The summed E-state index contributed by atoms with van der Waals surface area (Å²) in [5.41, 5.74) is 3.35. The molecule has 1 heterocycles. The average Bonchev–Trinajstić information content (AvgIpc) is 2.68. The Morgan fingerprint density at radius 2 is 1.83 bits per heavy atom. The maximum Gasteiger partial charge on any atom is 0.239 e. The van der Waals surface area contributed by atoms with Crippen LogP contribution in [0, 0.1) is 6.92 Å². The monoisotopic (exact) mass is 493 g/mol. The number of hydrogen-bond donors (Lipinski definition) is 1. The van der Waals surface area contributed by atoms with E-state index in [4.69, 9.17) is 0 Å². The van der Waals surface area contributed by atoms with E-state index in [0.29, 0.717) is 11.3 Å². The van der Waals surface area contributed by atoms with E-state index in [9.17, 15) is 13.2 Å². The lowest BCUT2D eigenvalue weighted by molar-refractivity contribution is -0.113. The highest BCUT2D eigenvalue weighted by atomic mass is 79.9. The van der Waals surface area contributed by atoms with Gasteiger partial charge >= 0.3 is 0 Å². The minimum Gasteiger partial charge on any atom is -0.369 e. The summed E-state index contributed by atoms with van der Waals surface area (Å²) in [6.45, 7) is 9.23. The van der Waals surface area contributed by atoms with E-state index in [2.05, 4.69) is 38.0 Å². The van der Waals surface area contributed by atoms with Crippen molar-refractivity contribution < 1.29 is 13.2 Å². The van der Waals surface area contributed by atoms with Crippen LogP contribution in [-0.4, -0.2) is 57.7 Å². The number of anilines is 2. The van der Waals surface area contributed by atoms with Crippen molar-refractivity contribution in [3.05, 3.63) is 58.1 Å². The maximum atomic E-state index is 12.4. The molecule has 2 aromatic carbocycles. The molecule has 162 valence electrons. The lowest BCUT2D eigenvalue weighted by atomic mass is 10.1. The van der Waals surface area contributed by atoms with Gasteiger partial charge in [-0.1, -0.05) is 35.0 Å². The molecule has 0 unspecified atom stereocenters. The topological polar surface area (TPSA) is 69.7 Å². The molecular weight excluding hydrogens is 466 g/mol. The fourth-order valence-corrected chi connectivity index (χ4v) is 5.33. The van der Waals surface area contributed by atoms with Gasteiger partial charge in [0.05, 0.1) is 5.75 Å². The number of nitrogens with one attached hydrogen (secondary N) is 1. The van der Waals surface area contributed by atoms with Crippen LogP contribution in [-0.2, 0) is 20.4 Å². The number of rotatable bonds is 7. The van der Waals surface area contributed by atoms with Crippen LogP contribution in [0.4, 0.5) is 11.4 Å². The molecule has 8 heteroatoms. The molecule has 2 aromatic rings. The predicted octanol–water partition coefficient (Wildman–Crippen LogP) is 3.45. The van der Waals surface area contributed by atoms with Gasteiger partial charge in [0, 0.05) is 42.0 Å². The van der Waals surface area contributed by atoms with Gasteiger partial charge in [-0.25, -0.2) is 8.42 Å². The lowest BCUT2D eigenvalue weighted by Crippen LogP contribution is -2.46. The average molecular weight is 494 g/mol. The lowest BCUT2D eigenvalue weighted by Gasteiger charge is -2.35. The summed E-state index contributed by atoms with van der Waals surface area (Å²) in [5.74, 6) is -1.22. The van der Waals surface area contributed by atoms with Gasteiger partial charge in [0.2, 0.25) is 5.91 Å². The second-order valence-corrected chi connectivity index (χ2v) is 10.6. The number of sulfone groups is 1. The number of halogens is 1. The third-order valence-corrected chi connectivity index (χ3v) is 7.26. The van der Waals surface area contributed by atoms with Crippen LogP contribution in [0.25, 0.3) is 0 Å². The Bertz CT molecular complexity index is 1000. The van der Waals surface area contributed by atoms with Crippen molar-refractivity contribution in [2.75, 3.05) is 48.7 Å². The van der Waals surface area contributed by atoms with Gasteiger partial charge in [-0.05, 0) is 54.9 Å². The zero-order valence-corrected chi connectivity index (χ0v) is 19.8. The van der Waals surface area contributed by atoms with E-state index in [1.165, 1.54) is 0 Å². The molecule has 0 bridgehead atoms. The van der Waals surface area contributed by atoms with Crippen LogP contribution in [0.3, 0.4) is 0 Å². The van der Waals surface area contributed by atoms with Crippen molar-refractivity contribution in [3.63, 3.8) is 0 Å². The Kier molecular flexibility index (Phi) is 7.55. The van der Waals surface area contributed by atoms with Crippen molar-refractivity contribution >= 4 is 43.0 Å². The summed E-state index contributed by atoms with van der Waals surface area (Å²) in [6.07, 6.45) is 0. The van der Waals surface area contributed by atoms with Crippen LogP contribution in [0.1, 0.15) is 18.1 Å². The SMILES string of the molecule is CCN1CCN(c2ccc(NC(=O)CS(=O)(=O)Cc3cccc(Br)c3)c(C)c2)CC1. The number of benzene rings is 2. The molecule has 6 nitrogen and oxygen atoms in total. The van der Waals surface area contributed by atoms with Gasteiger partial charge in [-0.3, -0.25) is 4.79 Å². The minimum atomic E-state index is -3.56. The van der Waals surface area contributed by atoms with Crippen LogP contribution in [0.15, 0.2) is 46.9 Å².